The summed E-state index contributed by atoms with van der Waals surface area (Å²) < 4.78 is 80.9. The molecule has 2 heterocycles. The van der Waals surface area contributed by atoms with Crippen LogP contribution in [-0.4, -0.2) is 28.7 Å². The van der Waals surface area contributed by atoms with E-state index in [1.54, 1.807) is 13.1 Å². The Morgan fingerprint density at radius 3 is 2.35 bits per heavy atom. The van der Waals surface area contributed by atoms with Crippen LogP contribution in [-0.2, 0) is 12.7 Å². The lowest BCUT2D eigenvalue weighted by atomic mass is 9.85. The van der Waals surface area contributed by atoms with E-state index in [0.717, 1.165) is 24.3 Å². The van der Waals surface area contributed by atoms with Crippen molar-refractivity contribution in [2.24, 2.45) is 0 Å². The van der Waals surface area contributed by atoms with Crippen LogP contribution >= 0.6 is 0 Å². The summed E-state index contributed by atoms with van der Waals surface area (Å²) in [5.41, 5.74) is 0.329. The molecule has 0 radical (unpaired) electrons. The van der Waals surface area contributed by atoms with E-state index in [1.807, 2.05) is 4.90 Å². The first-order valence-electron chi connectivity index (χ1n) is 9.51. The van der Waals surface area contributed by atoms with Gasteiger partial charge >= 0.3 is 6.18 Å². The van der Waals surface area contributed by atoms with Gasteiger partial charge in [0.15, 0.2) is 17.3 Å². The lowest BCUT2D eigenvalue weighted by molar-refractivity contribution is -0.141. The van der Waals surface area contributed by atoms with Gasteiger partial charge in [-0.05, 0) is 61.5 Å². The summed E-state index contributed by atoms with van der Waals surface area (Å²) in [4.78, 5) is 1.89. The molecular weight excluding hydrogens is 420 g/mol. The van der Waals surface area contributed by atoms with Crippen LogP contribution in [0.15, 0.2) is 42.5 Å². The minimum Gasteiger partial charge on any atom is -0.302 e. The van der Waals surface area contributed by atoms with E-state index in [1.165, 1.54) is 12.1 Å². The molecule has 1 aliphatic heterocycles. The zero-order valence-corrected chi connectivity index (χ0v) is 16.3. The summed E-state index contributed by atoms with van der Waals surface area (Å²) in [5.74, 6) is -2.92. The summed E-state index contributed by atoms with van der Waals surface area (Å²) in [7, 11) is 1.81. The zero-order valence-electron chi connectivity index (χ0n) is 16.3. The second kappa shape index (κ2) is 7.96. The maximum absolute atomic E-state index is 15.5. The quantitative estimate of drug-likeness (QED) is 0.493. The van der Waals surface area contributed by atoms with Gasteiger partial charge in [-0.2, -0.15) is 13.2 Å². The number of fused-ring (bicyclic) bond motifs is 1. The number of aromatic nitrogens is 2. The molecule has 162 valence electrons. The third-order valence-corrected chi connectivity index (χ3v) is 5.46. The standard InChI is InChI=1S/C22H17F6N3/c1-31-9-8-13(12-2-5-17(23)18(24)10-12)14-3-4-15(21(25)16(14)11-31)19-6-7-20(30-29-19)22(26,27)28/h2-7,10,13H,8-9,11H2,1H3. The molecular formula is C22H17F6N3. The third kappa shape index (κ3) is 4.14. The summed E-state index contributed by atoms with van der Waals surface area (Å²) in [6, 6.07) is 8.56. The van der Waals surface area contributed by atoms with E-state index in [-0.39, 0.29) is 23.7 Å². The summed E-state index contributed by atoms with van der Waals surface area (Å²) in [6.45, 7) is 0.844. The van der Waals surface area contributed by atoms with Crippen molar-refractivity contribution in [3.63, 3.8) is 0 Å². The second-order valence-electron chi connectivity index (χ2n) is 7.55. The molecule has 3 nitrogen and oxygen atoms in total. The van der Waals surface area contributed by atoms with E-state index >= 15 is 4.39 Å². The number of benzene rings is 2. The SMILES string of the molecule is CN1CCC(c2ccc(F)c(F)c2)c2ccc(-c3ccc(C(F)(F)F)nn3)c(F)c2C1. The van der Waals surface area contributed by atoms with Crippen molar-refractivity contribution in [3.8, 4) is 11.3 Å². The van der Waals surface area contributed by atoms with Crippen LogP contribution in [0.2, 0.25) is 0 Å². The van der Waals surface area contributed by atoms with Crippen molar-refractivity contribution in [1.29, 1.82) is 0 Å². The van der Waals surface area contributed by atoms with Crippen molar-refractivity contribution in [2.75, 3.05) is 13.6 Å². The molecule has 0 spiro atoms. The van der Waals surface area contributed by atoms with Gasteiger partial charge in [-0.15, -0.1) is 10.2 Å². The molecule has 3 aromatic rings. The molecule has 0 N–H and O–H groups in total. The molecule has 31 heavy (non-hydrogen) atoms. The molecule has 2 aromatic carbocycles. The van der Waals surface area contributed by atoms with Crippen molar-refractivity contribution < 1.29 is 26.3 Å². The minimum absolute atomic E-state index is 0.0235. The topological polar surface area (TPSA) is 29.0 Å². The summed E-state index contributed by atoms with van der Waals surface area (Å²) >= 11 is 0. The average Bonchev–Trinajstić information content (AvgIpc) is 2.89. The molecule has 0 bridgehead atoms. The van der Waals surface area contributed by atoms with Gasteiger partial charge < -0.3 is 4.90 Å². The van der Waals surface area contributed by atoms with Crippen LogP contribution in [0.5, 0.6) is 0 Å². The van der Waals surface area contributed by atoms with Crippen molar-refractivity contribution in [1.82, 2.24) is 15.1 Å². The van der Waals surface area contributed by atoms with Crippen molar-refractivity contribution in [2.45, 2.75) is 25.1 Å². The number of halogens is 6. The molecule has 9 heteroatoms. The molecule has 0 saturated carbocycles. The Hall–Kier alpha value is -2.94. The largest absolute Gasteiger partial charge is 0.435 e. The molecule has 1 unspecified atom stereocenters. The predicted molar refractivity (Wildman–Crippen MR) is 102 cm³/mol. The normalized spacial score (nSPS) is 17.3. The first kappa shape index (κ1) is 21.3. The highest BCUT2D eigenvalue weighted by Gasteiger charge is 2.33. The molecule has 1 aromatic heterocycles. The summed E-state index contributed by atoms with van der Waals surface area (Å²) in [6.07, 6.45) is -4.08. The summed E-state index contributed by atoms with van der Waals surface area (Å²) in [5, 5.41) is 6.72. The first-order chi connectivity index (χ1) is 14.6. The highest BCUT2D eigenvalue weighted by molar-refractivity contribution is 5.62. The fourth-order valence-corrected chi connectivity index (χ4v) is 3.88. The van der Waals surface area contributed by atoms with Crippen LogP contribution in [0.4, 0.5) is 26.3 Å². The monoisotopic (exact) mass is 437 g/mol. The van der Waals surface area contributed by atoms with Gasteiger partial charge in [0.1, 0.15) is 5.82 Å². The molecule has 0 fully saturated rings. The fraction of sp³-hybridized carbons (Fsp3) is 0.273. The van der Waals surface area contributed by atoms with Gasteiger partial charge in [-0.1, -0.05) is 12.1 Å². The van der Waals surface area contributed by atoms with Gasteiger partial charge in [0.25, 0.3) is 0 Å². The molecule has 1 aliphatic rings. The van der Waals surface area contributed by atoms with Crippen molar-refractivity contribution in [3.05, 3.63) is 82.3 Å². The number of alkyl halides is 3. The van der Waals surface area contributed by atoms with Gasteiger partial charge in [0, 0.05) is 23.6 Å². The highest BCUT2D eigenvalue weighted by Crippen LogP contribution is 2.38. The van der Waals surface area contributed by atoms with Gasteiger partial charge in [-0.3, -0.25) is 0 Å². The molecule has 4 rings (SSSR count). The molecule has 0 aliphatic carbocycles. The average molecular weight is 437 g/mol. The van der Waals surface area contributed by atoms with Crippen LogP contribution in [0.25, 0.3) is 11.3 Å². The Morgan fingerprint density at radius 1 is 0.935 bits per heavy atom. The Balaban J connectivity index is 1.79. The number of hydrogen-bond donors (Lipinski definition) is 0. The van der Waals surface area contributed by atoms with Gasteiger partial charge in [-0.25, -0.2) is 13.2 Å². The third-order valence-electron chi connectivity index (χ3n) is 5.46. The maximum atomic E-state index is 15.5. The lowest BCUT2D eigenvalue weighted by Crippen LogP contribution is -2.18. The Labute approximate surface area is 174 Å². The highest BCUT2D eigenvalue weighted by atomic mass is 19.4. The molecule has 0 amide bonds. The smallest absolute Gasteiger partial charge is 0.302 e. The van der Waals surface area contributed by atoms with Crippen molar-refractivity contribution >= 4 is 0 Å². The lowest BCUT2D eigenvalue weighted by Gasteiger charge is -2.19. The minimum atomic E-state index is -4.64. The zero-order chi connectivity index (χ0) is 22.3. The Kier molecular flexibility index (Phi) is 5.47. The number of hydrogen-bond acceptors (Lipinski definition) is 3. The van der Waals surface area contributed by atoms with Crippen LogP contribution in [0, 0.1) is 17.5 Å². The van der Waals surface area contributed by atoms with E-state index in [4.69, 9.17) is 0 Å². The predicted octanol–water partition coefficient (Wildman–Crippen LogP) is 5.55. The van der Waals surface area contributed by atoms with E-state index < -0.39 is 29.3 Å². The fourth-order valence-electron chi connectivity index (χ4n) is 3.88. The second-order valence-corrected chi connectivity index (χ2v) is 7.55. The van der Waals surface area contributed by atoms with Gasteiger partial charge in [0.05, 0.1) is 5.69 Å². The van der Waals surface area contributed by atoms with Crippen LogP contribution < -0.4 is 0 Å². The molecule has 1 atom stereocenters. The van der Waals surface area contributed by atoms with Crippen LogP contribution in [0.3, 0.4) is 0 Å². The van der Waals surface area contributed by atoms with E-state index in [0.29, 0.717) is 29.7 Å². The Morgan fingerprint density at radius 2 is 1.71 bits per heavy atom. The number of nitrogens with zero attached hydrogens (tertiary/aromatic N) is 3. The van der Waals surface area contributed by atoms with E-state index in [9.17, 15) is 22.0 Å². The first-order valence-corrected chi connectivity index (χ1v) is 9.51. The maximum Gasteiger partial charge on any atom is 0.435 e. The van der Waals surface area contributed by atoms with E-state index in [2.05, 4.69) is 10.2 Å². The Bertz CT molecular complexity index is 1110. The molecule has 0 saturated heterocycles. The van der Waals surface area contributed by atoms with Gasteiger partial charge in [0.2, 0.25) is 0 Å². The van der Waals surface area contributed by atoms with Crippen LogP contribution in [0.1, 0.15) is 34.7 Å². The number of rotatable bonds is 2.